The zero-order valence-electron chi connectivity index (χ0n) is 15.1. The molecule has 0 fully saturated rings. The minimum atomic E-state index is -3.64. The lowest BCUT2D eigenvalue weighted by Crippen LogP contribution is -2.13. The van der Waals surface area contributed by atoms with Gasteiger partial charge < -0.3 is 0 Å². The maximum Gasteiger partial charge on any atom is 0.261 e. The average Bonchev–Trinajstić information content (AvgIpc) is 2.66. The summed E-state index contributed by atoms with van der Waals surface area (Å²) in [6, 6.07) is 21.4. The molecule has 142 valence electrons. The molecule has 0 saturated heterocycles. The van der Waals surface area contributed by atoms with Crippen LogP contribution >= 0.6 is 23.4 Å². The van der Waals surface area contributed by atoms with Crippen molar-refractivity contribution < 1.29 is 8.42 Å². The Morgan fingerprint density at radius 3 is 2.50 bits per heavy atom. The van der Waals surface area contributed by atoms with Crippen molar-refractivity contribution in [3.63, 3.8) is 0 Å². The Hall–Kier alpha value is -2.39. The first-order valence-corrected chi connectivity index (χ1v) is 11.3. The number of thioether (sulfide) groups is 1. The van der Waals surface area contributed by atoms with Crippen LogP contribution in [0.15, 0.2) is 82.6 Å². The van der Waals surface area contributed by atoms with E-state index in [1.54, 1.807) is 42.5 Å². The van der Waals surface area contributed by atoms with Gasteiger partial charge in [-0.3, -0.25) is 4.72 Å². The van der Waals surface area contributed by atoms with Gasteiger partial charge in [-0.25, -0.2) is 8.42 Å². The van der Waals surface area contributed by atoms with Gasteiger partial charge in [0.2, 0.25) is 0 Å². The van der Waals surface area contributed by atoms with Crippen molar-refractivity contribution in [3.05, 3.63) is 88.9 Å². The van der Waals surface area contributed by atoms with E-state index in [1.165, 1.54) is 11.8 Å². The topological polar surface area (TPSA) is 46.2 Å². The van der Waals surface area contributed by atoms with E-state index >= 15 is 0 Å². The van der Waals surface area contributed by atoms with Gasteiger partial charge in [0.25, 0.3) is 10.0 Å². The second kappa shape index (κ2) is 9.20. The van der Waals surface area contributed by atoms with Crippen LogP contribution in [0.4, 0.5) is 5.69 Å². The van der Waals surface area contributed by atoms with Gasteiger partial charge in [-0.2, -0.15) is 0 Å². The molecule has 0 saturated carbocycles. The summed E-state index contributed by atoms with van der Waals surface area (Å²) in [5.41, 5.74) is 2.40. The first-order chi connectivity index (χ1) is 13.4. The number of para-hydroxylation sites is 1. The second-order valence-corrected chi connectivity index (χ2v) is 9.15. The molecule has 3 rings (SSSR count). The fourth-order valence-electron chi connectivity index (χ4n) is 2.42. The number of aryl methyl sites for hydroxylation is 1. The van der Waals surface area contributed by atoms with Crippen LogP contribution in [-0.4, -0.2) is 14.2 Å². The third-order valence-electron chi connectivity index (χ3n) is 3.82. The molecular formula is C22H18ClNO2S2. The molecule has 0 aliphatic carbocycles. The maximum atomic E-state index is 12.7. The molecule has 3 aromatic carbocycles. The minimum Gasteiger partial charge on any atom is -0.278 e. The average molecular weight is 428 g/mol. The monoisotopic (exact) mass is 427 g/mol. The molecule has 0 heterocycles. The molecule has 0 aliphatic rings. The van der Waals surface area contributed by atoms with Gasteiger partial charge in [0.05, 0.1) is 16.3 Å². The Morgan fingerprint density at radius 1 is 1.00 bits per heavy atom. The fraction of sp³-hybridized carbons (Fsp3) is 0.0909. The summed E-state index contributed by atoms with van der Waals surface area (Å²) in [6.07, 6.45) is 0. The van der Waals surface area contributed by atoms with Crippen LogP contribution in [0.2, 0.25) is 5.02 Å². The summed E-state index contributed by atoms with van der Waals surface area (Å²) in [5.74, 6) is 6.67. The van der Waals surface area contributed by atoms with Crippen LogP contribution < -0.4 is 4.72 Å². The zero-order chi connectivity index (χ0) is 20.0. The molecule has 0 bridgehead atoms. The molecule has 0 aliphatic heterocycles. The molecule has 1 N–H and O–H groups in total. The highest BCUT2D eigenvalue weighted by molar-refractivity contribution is 7.99. The van der Waals surface area contributed by atoms with E-state index in [9.17, 15) is 8.42 Å². The van der Waals surface area contributed by atoms with Crippen LogP contribution in [0, 0.1) is 18.8 Å². The van der Waals surface area contributed by atoms with E-state index in [2.05, 4.69) is 16.6 Å². The maximum absolute atomic E-state index is 12.7. The number of benzene rings is 3. The summed E-state index contributed by atoms with van der Waals surface area (Å²) >= 11 is 7.43. The van der Waals surface area contributed by atoms with Crippen molar-refractivity contribution in [3.8, 4) is 11.8 Å². The summed E-state index contributed by atoms with van der Waals surface area (Å²) in [7, 11) is -3.64. The molecule has 3 nitrogen and oxygen atoms in total. The lowest BCUT2D eigenvalue weighted by molar-refractivity contribution is 0.601. The Bertz CT molecular complexity index is 1130. The Morgan fingerprint density at radius 2 is 1.75 bits per heavy atom. The highest BCUT2D eigenvalue weighted by Gasteiger charge is 2.15. The summed E-state index contributed by atoms with van der Waals surface area (Å²) in [6.45, 7) is 1.92. The highest BCUT2D eigenvalue weighted by atomic mass is 35.5. The minimum absolute atomic E-state index is 0.235. The number of hydrogen-bond acceptors (Lipinski definition) is 3. The summed E-state index contributed by atoms with van der Waals surface area (Å²) < 4.78 is 28.0. The Kier molecular flexibility index (Phi) is 6.69. The SMILES string of the molecule is Cc1ccc(S(=O)(=O)Nc2ccccc2SCC#Cc2cccc(Cl)c2)cc1. The highest BCUT2D eigenvalue weighted by Crippen LogP contribution is 2.28. The molecule has 0 radical (unpaired) electrons. The lowest BCUT2D eigenvalue weighted by atomic mass is 10.2. The predicted molar refractivity (Wildman–Crippen MR) is 117 cm³/mol. The van der Waals surface area contributed by atoms with Crippen LogP contribution in [0.1, 0.15) is 11.1 Å². The number of halogens is 1. The van der Waals surface area contributed by atoms with Crippen molar-refractivity contribution in [1.29, 1.82) is 0 Å². The van der Waals surface area contributed by atoms with Crippen LogP contribution in [0.3, 0.4) is 0 Å². The van der Waals surface area contributed by atoms with Crippen LogP contribution in [0.5, 0.6) is 0 Å². The second-order valence-electron chi connectivity index (χ2n) is 6.02. The third kappa shape index (κ3) is 5.56. The predicted octanol–water partition coefficient (Wildman–Crippen LogP) is 5.59. The third-order valence-corrected chi connectivity index (χ3v) is 6.39. The Labute approximate surface area is 175 Å². The van der Waals surface area contributed by atoms with Gasteiger partial charge in [-0.15, -0.1) is 11.8 Å². The fourth-order valence-corrected chi connectivity index (χ4v) is 4.50. The van der Waals surface area contributed by atoms with Crippen molar-refractivity contribution in [2.24, 2.45) is 0 Å². The number of anilines is 1. The molecule has 28 heavy (non-hydrogen) atoms. The standard InChI is InChI=1S/C22H18ClNO2S2/c1-17-11-13-20(14-12-17)28(25,26)24-21-9-2-3-10-22(21)27-15-5-7-18-6-4-8-19(23)16-18/h2-4,6,8-14,16,24H,15H2,1H3. The van der Waals surface area contributed by atoms with Gasteiger partial charge in [0.15, 0.2) is 0 Å². The molecule has 0 atom stereocenters. The van der Waals surface area contributed by atoms with Gasteiger partial charge >= 0.3 is 0 Å². The van der Waals surface area contributed by atoms with Gasteiger partial charge in [-0.05, 0) is 49.4 Å². The van der Waals surface area contributed by atoms with E-state index < -0.39 is 10.0 Å². The molecule has 0 unspecified atom stereocenters. The molecule has 0 spiro atoms. The van der Waals surface area contributed by atoms with Gasteiger partial charge in [-0.1, -0.05) is 59.3 Å². The first kappa shape index (κ1) is 20.3. The molecule has 6 heteroatoms. The van der Waals surface area contributed by atoms with Crippen molar-refractivity contribution in [2.75, 3.05) is 10.5 Å². The number of sulfonamides is 1. The van der Waals surface area contributed by atoms with E-state index in [4.69, 9.17) is 11.6 Å². The Balaban J connectivity index is 1.72. The molecule has 3 aromatic rings. The molecule has 0 amide bonds. The zero-order valence-corrected chi connectivity index (χ0v) is 17.5. The van der Waals surface area contributed by atoms with E-state index in [0.29, 0.717) is 16.5 Å². The van der Waals surface area contributed by atoms with E-state index in [0.717, 1.165) is 16.0 Å². The number of hydrogen-bond donors (Lipinski definition) is 1. The van der Waals surface area contributed by atoms with E-state index in [1.807, 2.05) is 37.3 Å². The number of rotatable bonds is 5. The van der Waals surface area contributed by atoms with Gasteiger partial charge in [0.1, 0.15) is 0 Å². The van der Waals surface area contributed by atoms with Crippen molar-refractivity contribution in [1.82, 2.24) is 0 Å². The largest absolute Gasteiger partial charge is 0.278 e. The molecule has 0 aromatic heterocycles. The molecular weight excluding hydrogens is 410 g/mol. The van der Waals surface area contributed by atoms with Crippen molar-refractivity contribution in [2.45, 2.75) is 16.7 Å². The van der Waals surface area contributed by atoms with Crippen molar-refractivity contribution >= 4 is 39.1 Å². The van der Waals surface area contributed by atoms with E-state index in [-0.39, 0.29) is 4.90 Å². The summed E-state index contributed by atoms with van der Waals surface area (Å²) in [4.78, 5) is 1.05. The first-order valence-electron chi connectivity index (χ1n) is 8.50. The van der Waals surface area contributed by atoms with Gasteiger partial charge in [0, 0.05) is 15.5 Å². The van der Waals surface area contributed by atoms with Crippen LogP contribution in [-0.2, 0) is 10.0 Å². The lowest BCUT2D eigenvalue weighted by Gasteiger charge is -2.11. The smallest absolute Gasteiger partial charge is 0.261 e. The number of nitrogens with one attached hydrogen (secondary N) is 1. The van der Waals surface area contributed by atoms with Crippen LogP contribution in [0.25, 0.3) is 0 Å². The quantitative estimate of drug-likeness (QED) is 0.426. The summed E-state index contributed by atoms with van der Waals surface area (Å²) in [5, 5.41) is 0.648. The normalized spacial score (nSPS) is 10.8.